The average Bonchev–Trinajstić information content (AvgIpc) is 2.37. The largest absolute Gasteiger partial charge is 0.394 e. The molecule has 0 aromatic heterocycles. The van der Waals surface area contributed by atoms with Crippen LogP contribution in [0.3, 0.4) is 0 Å². The molecule has 1 aromatic rings. The first-order valence-electron chi connectivity index (χ1n) is 6.41. The lowest BCUT2D eigenvalue weighted by Gasteiger charge is -2.35. The first-order valence-corrected chi connectivity index (χ1v) is 6.41. The lowest BCUT2D eigenvalue weighted by atomic mass is 10.0. The van der Waals surface area contributed by atoms with Crippen molar-refractivity contribution < 1.29 is 9.50 Å². The fourth-order valence-corrected chi connectivity index (χ4v) is 2.05. The molecule has 1 aromatic carbocycles. The molecule has 0 bridgehead atoms. The first kappa shape index (κ1) is 14.9. The summed E-state index contributed by atoms with van der Waals surface area (Å²) in [6, 6.07) is 6.45. The minimum absolute atomic E-state index is 0.0680. The highest BCUT2D eigenvalue weighted by Gasteiger charge is 2.24. The van der Waals surface area contributed by atoms with Crippen LogP contribution in [0, 0.1) is 5.82 Å². The Bertz CT molecular complexity index is 355. The topological polar surface area (TPSA) is 35.5 Å². The van der Waals surface area contributed by atoms with Crippen molar-refractivity contribution in [1.82, 2.24) is 5.32 Å². The van der Waals surface area contributed by atoms with E-state index in [9.17, 15) is 9.50 Å². The lowest BCUT2D eigenvalue weighted by molar-refractivity contribution is 0.180. The number of nitrogens with one attached hydrogen (secondary N) is 1. The fraction of sp³-hybridized carbons (Fsp3) is 0.571. The van der Waals surface area contributed by atoms with E-state index in [2.05, 4.69) is 10.2 Å². The number of hydrogen-bond acceptors (Lipinski definition) is 3. The quantitative estimate of drug-likeness (QED) is 0.781. The van der Waals surface area contributed by atoms with Gasteiger partial charge >= 0.3 is 0 Å². The normalized spacial score (nSPS) is 14.3. The minimum Gasteiger partial charge on any atom is -0.394 e. The molecule has 0 radical (unpaired) electrons. The highest BCUT2D eigenvalue weighted by molar-refractivity contribution is 5.46. The Morgan fingerprint density at radius 2 is 1.89 bits per heavy atom. The molecule has 1 unspecified atom stereocenters. The van der Waals surface area contributed by atoms with Gasteiger partial charge in [-0.2, -0.15) is 0 Å². The second-order valence-corrected chi connectivity index (χ2v) is 4.74. The van der Waals surface area contributed by atoms with E-state index in [1.54, 1.807) is 12.1 Å². The van der Waals surface area contributed by atoms with Gasteiger partial charge in [-0.1, -0.05) is 6.92 Å². The van der Waals surface area contributed by atoms with Gasteiger partial charge in [-0.15, -0.1) is 0 Å². The predicted molar refractivity (Wildman–Crippen MR) is 73.5 cm³/mol. The van der Waals surface area contributed by atoms with Crippen LogP contribution in [0.1, 0.15) is 20.8 Å². The van der Waals surface area contributed by atoms with Gasteiger partial charge in [-0.05, 0) is 44.7 Å². The van der Waals surface area contributed by atoms with E-state index in [1.165, 1.54) is 12.1 Å². The molecular weight excluding hydrogens is 231 g/mol. The lowest BCUT2D eigenvalue weighted by Crippen LogP contribution is -2.54. The van der Waals surface area contributed by atoms with Gasteiger partial charge in [0.15, 0.2) is 0 Å². The highest BCUT2D eigenvalue weighted by Crippen LogP contribution is 2.17. The van der Waals surface area contributed by atoms with E-state index in [4.69, 9.17) is 0 Å². The second kappa shape index (κ2) is 6.71. The Morgan fingerprint density at radius 1 is 1.28 bits per heavy atom. The second-order valence-electron chi connectivity index (χ2n) is 4.74. The van der Waals surface area contributed by atoms with Crippen molar-refractivity contribution in [2.45, 2.75) is 26.3 Å². The highest BCUT2D eigenvalue weighted by atomic mass is 19.1. The van der Waals surface area contributed by atoms with Gasteiger partial charge in [0, 0.05) is 18.8 Å². The summed E-state index contributed by atoms with van der Waals surface area (Å²) in [7, 11) is 0. The van der Waals surface area contributed by atoms with E-state index in [-0.39, 0.29) is 18.0 Å². The molecule has 0 spiro atoms. The van der Waals surface area contributed by atoms with Gasteiger partial charge in [0.2, 0.25) is 0 Å². The van der Waals surface area contributed by atoms with Crippen molar-refractivity contribution in [3.05, 3.63) is 30.1 Å². The maximum absolute atomic E-state index is 12.9. The summed E-state index contributed by atoms with van der Waals surface area (Å²) < 4.78 is 12.9. The smallest absolute Gasteiger partial charge is 0.123 e. The summed E-state index contributed by atoms with van der Waals surface area (Å²) >= 11 is 0. The molecule has 0 fully saturated rings. The summed E-state index contributed by atoms with van der Waals surface area (Å²) in [5, 5.41) is 12.8. The number of benzene rings is 1. The molecule has 0 saturated heterocycles. The molecule has 0 amide bonds. The van der Waals surface area contributed by atoms with Crippen molar-refractivity contribution in [2.75, 3.05) is 31.1 Å². The van der Waals surface area contributed by atoms with Crippen LogP contribution in [0.2, 0.25) is 0 Å². The fourth-order valence-electron chi connectivity index (χ4n) is 2.05. The molecule has 0 aliphatic heterocycles. The van der Waals surface area contributed by atoms with Crippen molar-refractivity contribution in [1.29, 1.82) is 0 Å². The summed E-state index contributed by atoms with van der Waals surface area (Å²) in [5.41, 5.74) is 0.621. The van der Waals surface area contributed by atoms with Gasteiger partial charge < -0.3 is 15.3 Å². The summed E-state index contributed by atoms with van der Waals surface area (Å²) in [4.78, 5) is 2.12. The third kappa shape index (κ3) is 3.96. The number of rotatable bonds is 7. The van der Waals surface area contributed by atoms with Crippen LogP contribution in [-0.2, 0) is 0 Å². The molecule has 4 heteroatoms. The van der Waals surface area contributed by atoms with Crippen LogP contribution < -0.4 is 10.2 Å². The number of halogens is 1. The molecule has 102 valence electrons. The number of anilines is 1. The van der Waals surface area contributed by atoms with Gasteiger partial charge in [-0.25, -0.2) is 4.39 Å². The van der Waals surface area contributed by atoms with Gasteiger partial charge in [-0.3, -0.25) is 0 Å². The SMILES string of the molecule is CCNC(C)(CO)CN(CC)c1ccc(F)cc1. The van der Waals surface area contributed by atoms with E-state index in [0.717, 1.165) is 18.8 Å². The van der Waals surface area contributed by atoms with Crippen LogP contribution >= 0.6 is 0 Å². The first-order chi connectivity index (χ1) is 8.54. The van der Waals surface area contributed by atoms with Crippen LogP contribution in [0.25, 0.3) is 0 Å². The van der Waals surface area contributed by atoms with Crippen molar-refractivity contribution >= 4 is 5.69 Å². The maximum Gasteiger partial charge on any atom is 0.123 e. The van der Waals surface area contributed by atoms with Crippen LogP contribution in [0.15, 0.2) is 24.3 Å². The monoisotopic (exact) mass is 254 g/mol. The number of aliphatic hydroxyl groups is 1. The van der Waals surface area contributed by atoms with E-state index in [0.29, 0.717) is 6.54 Å². The minimum atomic E-state index is -0.348. The Kier molecular flexibility index (Phi) is 5.56. The van der Waals surface area contributed by atoms with Crippen LogP contribution in [-0.4, -0.2) is 36.9 Å². The molecule has 0 heterocycles. The summed E-state index contributed by atoms with van der Waals surface area (Å²) in [6.07, 6.45) is 0. The van der Waals surface area contributed by atoms with Gasteiger partial charge in [0.1, 0.15) is 5.82 Å². The van der Waals surface area contributed by atoms with Crippen molar-refractivity contribution in [2.24, 2.45) is 0 Å². The Labute approximate surface area is 109 Å². The summed E-state index contributed by atoms with van der Waals surface area (Å²) in [6.45, 7) is 8.42. The molecule has 0 aliphatic carbocycles. The van der Waals surface area contributed by atoms with Crippen LogP contribution in [0.5, 0.6) is 0 Å². The number of likely N-dealkylation sites (N-methyl/N-ethyl adjacent to an activating group) is 2. The molecule has 0 aliphatic rings. The number of hydrogen-bond donors (Lipinski definition) is 2. The molecule has 1 atom stereocenters. The zero-order valence-electron chi connectivity index (χ0n) is 11.4. The van der Waals surface area contributed by atoms with Crippen molar-refractivity contribution in [3.8, 4) is 0 Å². The Morgan fingerprint density at radius 3 is 2.33 bits per heavy atom. The number of nitrogens with zero attached hydrogens (tertiary/aromatic N) is 1. The van der Waals surface area contributed by atoms with Crippen LogP contribution in [0.4, 0.5) is 10.1 Å². The van der Waals surface area contributed by atoms with E-state index >= 15 is 0 Å². The molecule has 3 nitrogen and oxygen atoms in total. The zero-order valence-corrected chi connectivity index (χ0v) is 11.4. The molecule has 0 saturated carbocycles. The molecular formula is C14H23FN2O. The average molecular weight is 254 g/mol. The van der Waals surface area contributed by atoms with E-state index < -0.39 is 0 Å². The Balaban J connectivity index is 2.80. The standard InChI is InChI=1S/C14H23FN2O/c1-4-16-14(3,11-18)10-17(5-2)13-8-6-12(15)7-9-13/h6-9,16,18H,4-5,10-11H2,1-3H3. The third-order valence-electron chi connectivity index (χ3n) is 3.07. The Hall–Kier alpha value is -1.13. The van der Waals surface area contributed by atoms with Gasteiger partial charge in [0.05, 0.1) is 12.1 Å². The number of aliphatic hydroxyl groups excluding tert-OH is 1. The molecule has 2 N–H and O–H groups in total. The molecule has 18 heavy (non-hydrogen) atoms. The molecule has 1 rings (SSSR count). The van der Waals surface area contributed by atoms with E-state index in [1.807, 2.05) is 20.8 Å². The van der Waals surface area contributed by atoms with Gasteiger partial charge in [0.25, 0.3) is 0 Å². The van der Waals surface area contributed by atoms with Crippen molar-refractivity contribution in [3.63, 3.8) is 0 Å². The maximum atomic E-state index is 12.9. The zero-order chi connectivity index (χ0) is 13.6. The third-order valence-corrected chi connectivity index (χ3v) is 3.07. The predicted octanol–water partition coefficient (Wildman–Crippen LogP) is 2.01. The summed E-state index contributed by atoms with van der Waals surface area (Å²) in [5.74, 6) is -0.230.